The van der Waals surface area contributed by atoms with Gasteiger partial charge in [-0.1, -0.05) is 11.6 Å². The number of aromatic amines is 1. The lowest BCUT2D eigenvalue weighted by Crippen LogP contribution is -2.54. The SMILES string of the molecule is N[C@@H]1CC(NC(=O)O)CCC1NC(=O)c1cc2cc(Cl)ccc2[nH]1. The Morgan fingerprint density at radius 2 is 2.04 bits per heavy atom. The highest BCUT2D eigenvalue weighted by atomic mass is 35.5. The van der Waals surface area contributed by atoms with Gasteiger partial charge in [-0.3, -0.25) is 4.79 Å². The fourth-order valence-corrected chi connectivity index (χ4v) is 3.34. The van der Waals surface area contributed by atoms with Crippen molar-refractivity contribution in [3.63, 3.8) is 0 Å². The number of halogens is 1. The molecule has 128 valence electrons. The quantitative estimate of drug-likeness (QED) is 0.582. The number of hydrogen-bond donors (Lipinski definition) is 5. The molecule has 2 aromatic rings. The number of nitrogens with one attached hydrogen (secondary N) is 3. The Morgan fingerprint density at radius 3 is 2.75 bits per heavy atom. The standard InChI is InChI=1S/C16H19ClN4O3/c17-9-1-3-12-8(5-9)6-14(20-12)15(22)21-13-4-2-10(7-11(13)18)19-16(23)24/h1,3,5-6,10-11,13,19-20H,2,4,7,18H2,(H,21,22)(H,23,24)/t10?,11-,13?/m1/s1. The van der Waals surface area contributed by atoms with Gasteiger partial charge in [-0.2, -0.15) is 0 Å². The summed E-state index contributed by atoms with van der Waals surface area (Å²) in [6.45, 7) is 0. The minimum atomic E-state index is -1.05. The minimum absolute atomic E-state index is 0.166. The molecule has 6 N–H and O–H groups in total. The Balaban J connectivity index is 1.64. The van der Waals surface area contributed by atoms with Gasteiger partial charge >= 0.3 is 6.09 Å². The molecule has 8 heteroatoms. The molecule has 0 saturated heterocycles. The number of nitrogens with two attached hydrogens (primary N) is 1. The molecule has 24 heavy (non-hydrogen) atoms. The number of hydrogen-bond acceptors (Lipinski definition) is 3. The summed E-state index contributed by atoms with van der Waals surface area (Å²) in [5.41, 5.74) is 7.38. The second-order valence-electron chi connectivity index (χ2n) is 6.12. The largest absolute Gasteiger partial charge is 0.465 e. The van der Waals surface area contributed by atoms with Crippen LogP contribution in [0.15, 0.2) is 24.3 Å². The van der Waals surface area contributed by atoms with Crippen LogP contribution < -0.4 is 16.4 Å². The molecule has 0 bridgehead atoms. The Hall–Kier alpha value is -2.25. The molecular formula is C16H19ClN4O3. The Labute approximate surface area is 143 Å². The van der Waals surface area contributed by atoms with Crippen LogP contribution in [-0.4, -0.2) is 40.2 Å². The van der Waals surface area contributed by atoms with Crippen molar-refractivity contribution in [2.45, 2.75) is 37.4 Å². The summed E-state index contributed by atoms with van der Waals surface area (Å²) in [5.74, 6) is -0.229. The maximum Gasteiger partial charge on any atom is 0.404 e. The normalized spacial score (nSPS) is 23.8. The molecule has 3 rings (SSSR count). The summed E-state index contributed by atoms with van der Waals surface area (Å²) in [5, 5.41) is 15.6. The molecule has 1 aliphatic carbocycles. The van der Waals surface area contributed by atoms with Crippen LogP contribution in [-0.2, 0) is 0 Å². The van der Waals surface area contributed by atoms with Gasteiger partial charge in [-0.05, 0) is 43.5 Å². The van der Waals surface area contributed by atoms with Crippen molar-refractivity contribution in [1.82, 2.24) is 15.6 Å². The van der Waals surface area contributed by atoms with Crippen LogP contribution in [0.5, 0.6) is 0 Å². The number of benzene rings is 1. The Morgan fingerprint density at radius 1 is 1.25 bits per heavy atom. The zero-order valence-electron chi connectivity index (χ0n) is 12.9. The highest BCUT2D eigenvalue weighted by molar-refractivity contribution is 6.31. The van der Waals surface area contributed by atoms with Crippen LogP contribution >= 0.6 is 11.6 Å². The number of H-pyrrole nitrogens is 1. The third-order valence-corrected chi connectivity index (χ3v) is 4.61. The van der Waals surface area contributed by atoms with Gasteiger partial charge < -0.3 is 26.5 Å². The lowest BCUT2D eigenvalue weighted by Gasteiger charge is -2.34. The monoisotopic (exact) mass is 350 g/mol. The molecule has 1 fully saturated rings. The van der Waals surface area contributed by atoms with Crippen LogP contribution in [0.2, 0.25) is 5.02 Å². The van der Waals surface area contributed by atoms with Crippen molar-refractivity contribution in [2.24, 2.45) is 5.73 Å². The van der Waals surface area contributed by atoms with Gasteiger partial charge in [0.2, 0.25) is 0 Å². The number of fused-ring (bicyclic) bond motifs is 1. The van der Waals surface area contributed by atoms with Crippen LogP contribution in [0.25, 0.3) is 10.9 Å². The first kappa shape index (κ1) is 16.6. The van der Waals surface area contributed by atoms with Gasteiger partial charge in [-0.25, -0.2) is 4.79 Å². The van der Waals surface area contributed by atoms with Crippen molar-refractivity contribution < 1.29 is 14.7 Å². The van der Waals surface area contributed by atoms with Crippen molar-refractivity contribution >= 4 is 34.5 Å². The van der Waals surface area contributed by atoms with Crippen LogP contribution in [0.3, 0.4) is 0 Å². The summed E-state index contributed by atoms with van der Waals surface area (Å²) in [6, 6.07) is 6.48. The third-order valence-electron chi connectivity index (χ3n) is 4.37. The topological polar surface area (TPSA) is 120 Å². The summed E-state index contributed by atoms with van der Waals surface area (Å²) in [7, 11) is 0. The van der Waals surface area contributed by atoms with Gasteiger partial charge in [-0.15, -0.1) is 0 Å². The highest BCUT2D eigenvalue weighted by Gasteiger charge is 2.30. The molecule has 1 saturated carbocycles. The fourth-order valence-electron chi connectivity index (χ4n) is 3.16. The second kappa shape index (κ2) is 6.70. The van der Waals surface area contributed by atoms with E-state index in [1.54, 1.807) is 18.2 Å². The van der Waals surface area contributed by atoms with E-state index in [0.717, 1.165) is 10.9 Å². The Bertz CT molecular complexity index is 776. The van der Waals surface area contributed by atoms with Crippen molar-refractivity contribution in [1.29, 1.82) is 0 Å². The Kier molecular flexibility index (Phi) is 4.64. The second-order valence-corrected chi connectivity index (χ2v) is 6.55. The number of rotatable bonds is 3. The van der Waals surface area contributed by atoms with Crippen molar-refractivity contribution in [2.75, 3.05) is 0 Å². The molecule has 1 heterocycles. The van der Waals surface area contributed by atoms with E-state index in [-0.39, 0.29) is 24.0 Å². The average Bonchev–Trinajstić information content (AvgIpc) is 2.92. The van der Waals surface area contributed by atoms with Crippen LogP contribution in [0, 0.1) is 0 Å². The molecule has 1 aromatic carbocycles. The van der Waals surface area contributed by atoms with E-state index in [1.165, 1.54) is 0 Å². The predicted molar refractivity (Wildman–Crippen MR) is 91.3 cm³/mol. The maximum atomic E-state index is 12.4. The van der Waals surface area contributed by atoms with E-state index < -0.39 is 6.09 Å². The van der Waals surface area contributed by atoms with E-state index in [2.05, 4.69) is 15.6 Å². The molecule has 2 unspecified atom stereocenters. The van der Waals surface area contributed by atoms with Crippen molar-refractivity contribution in [3.8, 4) is 0 Å². The smallest absolute Gasteiger partial charge is 0.404 e. The number of aromatic nitrogens is 1. The minimum Gasteiger partial charge on any atom is -0.465 e. The van der Waals surface area contributed by atoms with E-state index in [4.69, 9.17) is 22.4 Å². The lowest BCUT2D eigenvalue weighted by molar-refractivity contribution is 0.0911. The summed E-state index contributed by atoms with van der Waals surface area (Å²) < 4.78 is 0. The van der Waals surface area contributed by atoms with Gasteiger partial charge in [0, 0.05) is 34.1 Å². The van der Waals surface area contributed by atoms with E-state index in [0.29, 0.717) is 30.0 Å². The maximum absolute atomic E-state index is 12.4. The molecule has 7 nitrogen and oxygen atoms in total. The number of carbonyl (C=O) groups excluding carboxylic acids is 1. The molecule has 1 aromatic heterocycles. The van der Waals surface area contributed by atoms with E-state index in [1.807, 2.05) is 6.07 Å². The number of amides is 2. The van der Waals surface area contributed by atoms with Gasteiger partial charge in [0.15, 0.2) is 0 Å². The van der Waals surface area contributed by atoms with Gasteiger partial charge in [0.05, 0.1) is 0 Å². The molecule has 0 radical (unpaired) electrons. The first-order valence-corrected chi connectivity index (χ1v) is 8.14. The summed E-state index contributed by atoms with van der Waals surface area (Å²) >= 11 is 5.95. The average molecular weight is 351 g/mol. The fraction of sp³-hybridized carbons (Fsp3) is 0.375. The first-order chi connectivity index (χ1) is 11.4. The van der Waals surface area contributed by atoms with Crippen LogP contribution in [0.1, 0.15) is 29.8 Å². The zero-order chi connectivity index (χ0) is 17.3. The zero-order valence-corrected chi connectivity index (χ0v) is 13.6. The third kappa shape index (κ3) is 3.63. The number of carboxylic acid groups (broad SMARTS) is 1. The van der Waals surface area contributed by atoms with Crippen LogP contribution in [0.4, 0.5) is 4.79 Å². The molecule has 3 atom stereocenters. The molecule has 0 spiro atoms. The molecule has 1 aliphatic rings. The van der Waals surface area contributed by atoms with Crippen molar-refractivity contribution in [3.05, 3.63) is 35.0 Å². The lowest BCUT2D eigenvalue weighted by atomic mass is 9.87. The predicted octanol–water partition coefficient (Wildman–Crippen LogP) is 2.07. The molecular weight excluding hydrogens is 332 g/mol. The molecule has 0 aliphatic heterocycles. The van der Waals surface area contributed by atoms with E-state index in [9.17, 15) is 9.59 Å². The molecule has 2 amide bonds. The van der Waals surface area contributed by atoms with Gasteiger partial charge in [0.1, 0.15) is 5.69 Å². The number of carbonyl (C=O) groups is 2. The highest BCUT2D eigenvalue weighted by Crippen LogP contribution is 2.21. The first-order valence-electron chi connectivity index (χ1n) is 7.76. The van der Waals surface area contributed by atoms with E-state index >= 15 is 0 Å². The van der Waals surface area contributed by atoms with Gasteiger partial charge in [0.25, 0.3) is 5.91 Å². The summed E-state index contributed by atoms with van der Waals surface area (Å²) in [6.07, 6.45) is 0.725. The summed E-state index contributed by atoms with van der Waals surface area (Å²) in [4.78, 5) is 26.2.